The SMILES string of the molecule is COC(=O)CC(NC(=O)CCCOc1ccc(Cl)cc1C)c1cccs1. The largest absolute Gasteiger partial charge is 0.493 e. The normalized spacial score (nSPS) is 11.7. The molecule has 26 heavy (non-hydrogen) atoms. The molecule has 0 bridgehead atoms. The summed E-state index contributed by atoms with van der Waals surface area (Å²) in [5, 5.41) is 5.48. The minimum Gasteiger partial charge on any atom is -0.493 e. The van der Waals surface area contributed by atoms with E-state index in [-0.39, 0.29) is 24.3 Å². The van der Waals surface area contributed by atoms with E-state index in [9.17, 15) is 9.59 Å². The Hall–Kier alpha value is -2.05. The van der Waals surface area contributed by atoms with Gasteiger partial charge in [0.1, 0.15) is 5.75 Å². The molecule has 1 aromatic carbocycles. The average Bonchev–Trinajstić information content (AvgIpc) is 3.14. The number of amides is 1. The number of hydrogen-bond acceptors (Lipinski definition) is 5. The molecule has 1 heterocycles. The number of esters is 1. The van der Waals surface area contributed by atoms with Crippen molar-refractivity contribution >= 4 is 34.8 Å². The second-order valence-corrected chi connectivity index (χ2v) is 7.19. The number of hydrogen-bond donors (Lipinski definition) is 1. The maximum atomic E-state index is 12.2. The van der Waals surface area contributed by atoms with Gasteiger partial charge in [0, 0.05) is 16.3 Å². The maximum Gasteiger partial charge on any atom is 0.307 e. The van der Waals surface area contributed by atoms with Crippen LogP contribution in [0.4, 0.5) is 0 Å². The lowest BCUT2D eigenvalue weighted by Gasteiger charge is -2.16. The van der Waals surface area contributed by atoms with Gasteiger partial charge >= 0.3 is 5.97 Å². The number of rotatable bonds is 9. The molecule has 0 aliphatic carbocycles. The third-order valence-electron chi connectivity index (χ3n) is 3.76. The Balaban J connectivity index is 1.79. The molecule has 0 saturated heterocycles. The number of carbonyl (C=O) groups excluding carboxylic acids is 2. The molecule has 1 aromatic heterocycles. The smallest absolute Gasteiger partial charge is 0.307 e. The lowest BCUT2D eigenvalue weighted by molar-refractivity contribution is -0.141. The summed E-state index contributed by atoms with van der Waals surface area (Å²) in [6.45, 7) is 2.35. The Morgan fingerprint density at radius 2 is 2.12 bits per heavy atom. The van der Waals surface area contributed by atoms with Gasteiger partial charge < -0.3 is 14.8 Å². The Morgan fingerprint density at radius 1 is 1.31 bits per heavy atom. The van der Waals surface area contributed by atoms with Gasteiger partial charge in [-0.05, 0) is 48.6 Å². The summed E-state index contributed by atoms with van der Waals surface area (Å²) in [6, 6.07) is 8.84. The summed E-state index contributed by atoms with van der Waals surface area (Å²) < 4.78 is 10.4. The Bertz CT molecular complexity index is 733. The van der Waals surface area contributed by atoms with Gasteiger partial charge in [-0.3, -0.25) is 9.59 Å². The number of halogens is 1. The lowest BCUT2D eigenvalue weighted by atomic mass is 10.1. The first-order chi connectivity index (χ1) is 12.5. The minimum atomic E-state index is -0.366. The van der Waals surface area contributed by atoms with Gasteiger partial charge in [0.25, 0.3) is 0 Å². The van der Waals surface area contributed by atoms with Crippen molar-refractivity contribution in [1.29, 1.82) is 0 Å². The number of aryl methyl sites for hydroxylation is 1. The molecule has 1 unspecified atom stereocenters. The zero-order chi connectivity index (χ0) is 18.9. The molecule has 0 radical (unpaired) electrons. The van der Waals surface area contributed by atoms with Crippen LogP contribution in [-0.4, -0.2) is 25.6 Å². The topological polar surface area (TPSA) is 64.6 Å². The molecule has 0 aliphatic heterocycles. The van der Waals surface area contributed by atoms with Gasteiger partial charge in [-0.15, -0.1) is 11.3 Å². The molecule has 2 rings (SSSR count). The average molecular weight is 396 g/mol. The fraction of sp³-hybridized carbons (Fsp3) is 0.368. The highest BCUT2D eigenvalue weighted by Gasteiger charge is 2.19. The van der Waals surface area contributed by atoms with E-state index in [1.165, 1.54) is 18.4 Å². The molecular weight excluding hydrogens is 374 g/mol. The molecule has 0 saturated carbocycles. The molecular formula is C19H22ClNO4S. The zero-order valence-electron chi connectivity index (χ0n) is 14.8. The fourth-order valence-electron chi connectivity index (χ4n) is 2.42. The Morgan fingerprint density at radius 3 is 2.77 bits per heavy atom. The van der Waals surface area contributed by atoms with Crippen LogP contribution in [0.1, 0.15) is 35.7 Å². The highest BCUT2D eigenvalue weighted by atomic mass is 35.5. The fourth-order valence-corrected chi connectivity index (χ4v) is 3.42. The summed E-state index contributed by atoms with van der Waals surface area (Å²) in [6.07, 6.45) is 1.00. The summed E-state index contributed by atoms with van der Waals surface area (Å²) in [5.74, 6) is 0.283. The van der Waals surface area contributed by atoms with Crippen LogP contribution in [-0.2, 0) is 14.3 Å². The summed E-state index contributed by atoms with van der Waals surface area (Å²) >= 11 is 7.41. The van der Waals surface area contributed by atoms with E-state index in [2.05, 4.69) is 5.32 Å². The lowest BCUT2D eigenvalue weighted by Crippen LogP contribution is -2.30. The van der Waals surface area contributed by atoms with Crippen molar-refractivity contribution in [1.82, 2.24) is 5.32 Å². The molecule has 5 nitrogen and oxygen atoms in total. The quantitative estimate of drug-likeness (QED) is 0.508. The van der Waals surface area contributed by atoms with Crippen molar-refractivity contribution in [2.75, 3.05) is 13.7 Å². The van der Waals surface area contributed by atoms with E-state index in [1.807, 2.05) is 36.6 Å². The van der Waals surface area contributed by atoms with Crippen LogP contribution in [0.25, 0.3) is 0 Å². The first-order valence-electron chi connectivity index (χ1n) is 8.28. The van der Waals surface area contributed by atoms with E-state index in [4.69, 9.17) is 21.1 Å². The van der Waals surface area contributed by atoms with Crippen molar-refractivity contribution < 1.29 is 19.1 Å². The van der Waals surface area contributed by atoms with E-state index < -0.39 is 0 Å². The van der Waals surface area contributed by atoms with Crippen molar-refractivity contribution in [2.45, 2.75) is 32.2 Å². The monoisotopic (exact) mass is 395 g/mol. The third-order valence-corrected chi connectivity index (χ3v) is 4.98. The van der Waals surface area contributed by atoms with Gasteiger partial charge in [-0.2, -0.15) is 0 Å². The molecule has 0 aliphatic rings. The molecule has 2 aromatic rings. The summed E-state index contributed by atoms with van der Waals surface area (Å²) in [7, 11) is 1.34. The van der Waals surface area contributed by atoms with Gasteiger partial charge in [0.15, 0.2) is 0 Å². The molecule has 1 amide bonds. The standard InChI is InChI=1S/C19H22ClNO4S/c1-13-11-14(20)7-8-16(13)25-9-3-6-18(22)21-15(12-19(23)24-2)17-5-4-10-26-17/h4-5,7-8,10-11,15H,3,6,9,12H2,1-2H3,(H,21,22). The van der Waals surface area contributed by atoms with Crippen LogP contribution in [0.5, 0.6) is 5.75 Å². The van der Waals surface area contributed by atoms with Crippen LogP contribution in [0.3, 0.4) is 0 Å². The minimum absolute atomic E-state index is 0.114. The first kappa shape index (κ1) is 20.3. The number of carbonyl (C=O) groups is 2. The molecule has 7 heteroatoms. The molecule has 1 atom stereocenters. The van der Waals surface area contributed by atoms with E-state index in [1.54, 1.807) is 6.07 Å². The molecule has 0 spiro atoms. The van der Waals surface area contributed by atoms with E-state index in [0.717, 1.165) is 16.2 Å². The van der Waals surface area contributed by atoms with Crippen LogP contribution in [0.2, 0.25) is 5.02 Å². The van der Waals surface area contributed by atoms with Crippen LogP contribution >= 0.6 is 22.9 Å². The summed E-state index contributed by atoms with van der Waals surface area (Å²) in [4.78, 5) is 24.7. The maximum absolute atomic E-state index is 12.2. The zero-order valence-corrected chi connectivity index (χ0v) is 16.4. The second kappa shape index (κ2) is 10.2. The number of thiophene rings is 1. The van der Waals surface area contributed by atoms with Gasteiger partial charge in [0.05, 0.1) is 26.2 Å². The van der Waals surface area contributed by atoms with Crippen LogP contribution < -0.4 is 10.1 Å². The first-order valence-corrected chi connectivity index (χ1v) is 9.54. The van der Waals surface area contributed by atoms with Crippen LogP contribution in [0, 0.1) is 6.92 Å². The van der Waals surface area contributed by atoms with Crippen molar-refractivity contribution in [3.63, 3.8) is 0 Å². The predicted molar refractivity (Wildman–Crippen MR) is 103 cm³/mol. The molecule has 1 N–H and O–H groups in total. The highest BCUT2D eigenvalue weighted by molar-refractivity contribution is 7.10. The number of methoxy groups -OCH3 is 1. The van der Waals surface area contributed by atoms with Crippen molar-refractivity contribution in [2.24, 2.45) is 0 Å². The van der Waals surface area contributed by atoms with Crippen molar-refractivity contribution in [3.05, 3.63) is 51.2 Å². The van der Waals surface area contributed by atoms with E-state index >= 15 is 0 Å². The van der Waals surface area contributed by atoms with Crippen LogP contribution in [0.15, 0.2) is 35.7 Å². The molecule has 0 fully saturated rings. The summed E-state index contributed by atoms with van der Waals surface area (Å²) in [5.41, 5.74) is 0.956. The molecule has 140 valence electrons. The third kappa shape index (κ3) is 6.35. The van der Waals surface area contributed by atoms with E-state index in [0.29, 0.717) is 24.5 Å². The predicted octanol–water partition coefficient (Wildman–Crippen LogP) is 4.29. The second-order valence-electron chi connectivity index (χ2n) is 5.78. The number of nitrogens with one attached hydrogen (secondary N) is 1. The number of benzene rings is 1. The van der Waals surface area contributed by atoms with Gasteiger partial charge in [-0.1, -0.05) is 17.7 Å². The van der Waals surface area contributed by atoms with Gasteiger partial charge in [-0.25, -0.2) is 0 Å². The Kier molecular flexibility index (Phi) is 7.94. The van der Waals surface area contributed by atoms with Crippen molar-refractivity contribution in [3.8, 4) is 5.75 Å². The van der Waals surface area contributed by atoms with Gasteiger partial charge in [0.2, 0.25) is 5.91 Å². The Labute approximate surface area is 162 Å². The number of ether oxygens (including phenoxy) is 2. The highest BCUT2D eigenvalue weighted by Crippen LogP contribution is 2.23.